The molecule has 0 saturated carbocycles. The zero-order valence-corrected chi connectivity index (χ0v) is 11.3. The molecule has 0 saturated heterocycles. The number of aryl methyl sites for hydroxylation is 1. The van der Waals surface area contributed by atoms with Crippen LogP contribution in [0.1, 0.15) is 40.4 Å². The highest BCUT2D eigenvalue weighted by Crippen LogP contribution is 2.17. The average Bonchev–Trinajstić information content (AvgIpc) is 2.77. The van der Waals surface area contributed by atoms with Gasteiger partial charge in [-0.15, -0.1) is 0 Å². The number of aromatic carboxylic acids is 1. The molecule has 0 fully saturated rings. The Bertz CT molecular complexity index is 621. The van der Waals surface area contributed by atoms with E-state index in [1.165, 1.54) is 18.2 Å². The molecule has 1 heterocycles. The molecular formula is C15H16FNO3. The van der Waals surface area contributed by atoms with Gasteiger partial charge in [0.15, 0.2) is 0 Å². The van der Waals surface area contributed by atoms with Crippen molar-refractivity contribution >= 4 is 5.97 Å². The fraction of sp³-hybridized carbons (Fsp3) is 0.267. The van der Waals surface area contributed by atoms with E-state index in [-0.39, 0.29) is 17.4 Å². The van der Waals surface area contributed by atoms with E-state index in [2.05, 4.69) is 5.32 Å². The average molecular weight is 277 g/mol. The highest BCUT2D eigenvalue weighted by molar-refractivity contribution is 5.88. The van der Waals surface area contributed by atoms with Crippen LogP contribution in [0.2, 0.25) is 0 Å². The molecule has 20 heavy (non-hydrogen) atoms. The Morgan fingerprint density at radius 1 is 1.45 bits per heavy atom. The van der Waals surface area contributed by atoms with Gasteiger partial charge in [0.05, 0.1) is 6.54 Å². The molecule has 0 aliphatic heterocycles. The minimum atomic E-state index is -1.00. The molecule has 0 bridgehead atoms. The summed E-state index contributed by atoms with van der Waals surface area (Å²) in [4.78, 5) is 10.9. The normalized spacial score (nSPS) is 12.3. The summed E-state index contributed by atoms with van der Waals surface area (Å²) in [5.41, 5.74) is 0.993. The van der Waals surface area contributed by atoms with Crippen LogP contribution >= 0.6 is 0 Å². The van der Waals surface area contributed by atoms with Crippen LogP contribution in [-0.4, -0.2) is 11.1 Å². The number of halogens is 1. The summed E-state index contributed by atoms with van der Waals surface area (Å²) in [6, 6.07) is 7.78. The minimum Gasteiger partial charge on any atom is -0.478 e. The minimum absolute atomic E-state index is 0.0654. The van der Waals surface area contributed by atoms with Gasteiger partial charge < -0.3 is 14.8 Å². The van der Waals surface area contributed by atoms with Crippen molar-refractivity contribution in [3.63, 3.8) is 0 Å². The van der Waals surface area contributed by atoms with E-state index in [0.717, 1.165) is 5.56 Å². The quantitative estimate of drug-likeness (QED) is 0.880. The van der Waals surface area contributed by atoms with Crippen molar-refractivity contribution in [2.24, 2.45) is 0 Å². The molecule has 106 valence electrons. The van der Waals surface area contributed by atoms with E-state index in [1.807, 2.05) is 13.0 Å². The predicted octanol–water partition coefficient (Wildman–Crippen LogP) is 3.28. The van der Waals surface area contributed by atoms with E-state index in [0.29, 0.717) is 18.1 Å². The predicted molar refractivity (Wildman–Crippen MR) is 72.1 cm³/mol. The van der Waals surface area contributed by atoms with Crippen molar-refractivity contribution < 1.29 is 18.7 Å². The molecule has 0 unspecified atom stereocenters. The fourth-order valence-electron chi connectivity index (χ4n) is 1.99. The van der Waals surface area contributed by atoms with Gasteiger partial charge in [0.2, 0.25) is 0 Å². The number of hydrogen-bond donors (Lipinski definition) is 2. The third-order valence-electron chi connectivity index (χ3n) is 3.13. The summed E-state index contributed by atoms with van der Waals surface area (Å²) in [5, 5.41) is 12.1. The molecule has 0 spiro atoms. The fourth-order valence-corrected chi connectivity index (χ4v) is 1.99. The van der Waals surface area contributed by atoms with E-state index < -0.39 is 5.97 Å². The molecule has 4 nitrogen and oxygen atoms in total. The van der Waals surface area contributed by atoms with E-state index in [1.54, 1.807) is 13.0 Å². The summed E-state index contributed by atoms with van der Waals surface area (Å²) < 4.78 is 18.5. The van der Waals surface area contributed by atoms with Crippen LogP contribution in [0, 0.1) is 12.7 Å². The molecule has 5 heteroatoms. The van der Waals surface area contributed by atoms with Crippen molar-refractivity contribution in [1.29, 1.82) is 0 Å². The lowest BCUT2D eigenvalue weighted by Gasteiger charge is -2.13. The van der Waals surface area contributed by atoms with Gasteiger partial charge in [-0.05, 0) is 37.6 Å². The number of carboxylic acids is 1. The number of nitrogens with one attached hydrogen (secondary N) is 1. The van der Waals surface area contributed by atoms with Crippen LogP contribution in [0.15, 0.2) is 34.7 Å². The number of rotatable bonds is 5. The summed E-state index contributed by atoms with van der Waals surface area (Å²) in [6.07, 6.45) is 0. The Morgan fingerprint density at radius 3 is 2.80 bits per heavy atom. The molecule has 0 aliphatic rings. The summed E-state index contributed by atoms with van der Waals surface area (Å²) >= 11 is 0. The lowest BCUT2D eigenvalue weighted by atomic mass is 10.1. The lowest BCUT2D eigenvalue weighted by Crippen LogP contribution is -2.17. The molecule has 1 aromatic carbocycles. The summed E-state index contributed by atoms with van der Waals surface area (Å²) in [7, 11) is 0. The Hall–Kier alpha value is -2.14. The van der Waals surface area contributed by atoms with Crippen LogP contribution in [0.25, 0.3) is 0 Å². The zero-order chi connectivity index (χ0) is 14.7. The second-order valence-corrected chi connectivity index (χ2v) is 4.65. The largest absolute Gasteiger partial charge is 0.478 e. The summed E-state index contributed by atoms with van der Waals surface area (Å²) in [5.74, 6) is -0.357. The highest BCUT2D eigenvalue weighted by Gasteiger charge is 2.14. The number of carboxylic acid groups (broad SMARTS) is 1. The molecule has 0 amide bonds. The van der Waals surface area contributed by atoms with Gasteiger partial charge in [0.25, 0.3) is 0 Å². The van der Waals surface area contributed by atoms with Gasteiger partial charge in [-0.2, -0.15) is 0 Å². The number of benzene rings is 1. The number of hydrogen-bond acceptors (Lipinski definition) is 3. The van der Waals surface area contributed by atoms with E-state index in [4.69, 9.17) is 9.52 Å². The second-order valence-electron chi connectivity index (χ2n) is 4.65. The highest BCUT2D eigenvalue weighted by atomic mass is 19.1. The molecule has 1 aromatic heterocycles. The van der Waals surface area contributed by atoms with Crippen LogP contribution in [0.5, 0.6) is 0 Å². The smallest absolute Gasteiger partial charge is 0.339 e. The first-order valence-electron chi connectivity index (χ1n) is 6.29. The van der Waals surface area contributed by atoms with Gasteiger partial charge in [-0.1, -0.05) is 12.1 Å². The van der Waals surface area contributed by atoms with Crippen molar-refractivity contribution in [3.8, 4) is 0 Å². The Morgan fingerprint density at radius 2 is 2.20 bits per heavy atom. The van der Waals surface area contributed by atoms with Gasteiger partial charge in [0.1, 0.15) is 22.9 Å². The van der Waals surface area contributed by atoms with Crippen molar-refractivity contribution in [1.82, 2.24) is 5.32 Å². The maximum atomic E-state index is 13.1. The van der Waals surface area contributed by atoms with Crippen molar-refractivity contribution in [3.05, 3.63) is 58.8 Å². The Balaban J connectivity index is 2.01. The van der Waals surface area contributed by atoms with Crippen LogP contribution in [-0.2, 0) is 6.54 Å². The molecule has 0 radical (unpaired) electrons. The van der Waals surface area contributed by atoms with Gasteiger partial charge in [-0.3, -0.25) is 0 Å². The topological polar surface area (TPSA) is 62.5 Å². The van der Waals surface area contributed by atoms with Crippen LogP contribution in [0.4, 0.5) is 4.39 Å². The molecule has 1 atom stereocenters. The van der Waals surface area contributed by atoms with Crippen LogP contribution in [0.3, 0.4) is 0 Å². The molecule has 2 aromatic rings. The Labute approximate surface area is 116 Å². The molecule has 2 rings (SSSR count). The Kier molecular flexibility index (Phi) is 4.20. The molecule has 0 aliphatic carbocycles. The van der Waals surface area contributed by atoms with Crippen LogP contribution < -0.4 is 5.32 Å². The van der Waals surface area contributed by atoms with Gasteiger partial charge in [-0.25, -0.2) is 9.18 Å². The van der Waals surface area contributed by atoms with E-state index >= 15 is 0 Å². The first-order chi connectivity index (χ1) is 9.47. The summed E-state index contributed by atoms with van der Waals surface area (Å²) in [6.45, 7) is 3.90. The van der Waals surface area contributed by atoms with Gasteiger partial charge in [0, 0.05) is 6.04 Å². The maximum Gasteiger partial charge on any atom is 0.339 e. The number of furan rings is 1. The molecule has 2 N–H and O–H groups in total. The first-order valence-corrected chi connectivity index (χ1v) is 6.29. The van der Waals surface area contributed by atoms with E-state index in [9.17, 15) is 9.18 Å². The maximum absolute atomic E-state index is 13.1. The first kappa shape index (κ1) is 14.3. The third-order valence-corrected chi connectivity index (χ3v) is 3.13. The van der Waals surface area contributed by atoms with Crippen molar-refractivity contribution in [2.45, 2.75) is 26.4 Å². The lowest BCUT2D eigenvalue weighted by molar-refractivity contribution is 0.0695. The standard InChI is InChI=1S/C15H16FNO3/c1-9(11-4-3-5-12(16)6-11)17-8-13-7-14(15(18)19)10(2)20-13/h3-7,9,17H,8H2,1-2H3,(H,18,19)/t9-/m0/s1. The zero-order valence-electron chi connectivity index (χ0n) is 11.3. The number of carbonyl (C=O) groups is 1. The monoisotopic (exact) mass is 277 g/mol. The van der Waals surface area contributed by atoms with Gasteiger partial charge >= 0.3 is 5.97 Å². The second kappa shape index (κ2) is 5.88. The van der Waals surface area contributed by atoms with Crippen molar-refractivity contribution in [2.75, 3.05) is 0 Å². The SMILES string of the molecule is Cc1oc(CN[C@@H](C)c2cccc(F)c2)cc1C(=O)O. The molecular weight excluding hydrogens is 261 g/mol. The third kappa shape index (κ3) is 3.24.